The number of thiophene rings is 1. The summed E-state index contributed by atoms with van der Waals surface area (Å²) in [7, 11) is 0. The van der Waals surface area contributed by atoms with Crippen LogP contribution in [0.3, 0.4) is 0 Å². The van der Waals surface area contributed by atoms with Crippen molar-refractivity contribution in [1.29, 1.82) is 0 Å². The number of H-pyrrole nitrogens is 1. The zero-order valence-corrected chi connectivity index (χ0v) is 9.85. The molecular weight excluding hydrogens is 272 g/mol. The molecule has 0 aliphatic carbocycles. The van der Waals surface area contributed by atoms with Crippen molar-refractivity contribution in [1.82, 2.24) is 9.97 Å². The van der Waals surface area contributed by atoms with Crippen LogP contribution in [-0.2, 0) is 0 Å². The first kappa shape index (κ1) is 9.23. The minimum Gasteiger partial charge on any atom is -0.301 e. The number of thioether (sulfide) groups is 1. The SMILES string of the molecule is CSc1nc2sc(Br)cc2c(=O)[nH]1. The summed E-state index contributed by atoms with van der Waals surface area (Å²) in [5, 5.41) is 1.31. The number of rotatable bonds is 1. The molecule has 0 radical (unpaired) electrons. The molecule has 6 heteroatoms. The van der Waals surface area contributed by atoms with Gasteiger partial charge in [-0.25, -0.2) is 4.98 Å². The van der Waals surface area contributed by atoms with Crippen molar-refractivity contribution in [2.45, 2.75) is 5.16 Å². The Balaban J connectivity index is 2.83. The first-order valence-corrected chi connectivity index (χ1v) is 6.27. The Labute approximate surface area is 90.7 Å². The van der Waals surface area contributed by atoms with Gasteiger partial charge < -0.3 is 4.98 Å². The Hall–Kier alpha value is -0.330. The van der Waals surface area contributed by atoms with E-state index >= 15 is 0 Å². The molecule has 2 aromatic rings. The van der Waals surface area contributed by atoms with Gasteiger partial charge in [0.05, 0.1) is 9.17 Å². The lowest BCUT2D eigenvalue weighted by atomic mass is 10.4. The Morgan fingerprint density at radius 3 is 3.15 bits per heavy atom. The van der Waals surface area contributed by atoms with Crippen molar-refractivity contribution < 1.29 is 0 Å². The molecule has 0 atom stereocenters. The molecule has 0 aliphatic rings. The van der Waals surface area contributed by atoms with E-state index in [0.717, 1.165) is 8.62 Å². The second-order valence-corrected chi connectivity index (χ2v) is 5.55. The maximum absolute atomic E-state index is 11.4. The lowest BCUT2D eigenvalue weighted by Crippen LogP contribution is -2.06. The second-order valence-electron chi connectivity index (χ2n) is 2.34. The summed E-state index contributed by atoms with van der Waals surface area (Å²) in [6.07, 6.45) is 1.88. The number of halogens is 1. The van der Waals surface area contributed by atoms with Crippen LogP contribution >= 0.6 is 39.0 Å². The summed E-state index contributed by atoms with van der Waals surface area (Å²) in [5.41, 5.74) is -0.0729. The van der Waals surface area contributed by atoms with E-state index in [1.54, 1.807) is 6.07 Å². The number of hydrogen-bond acceptors (Lipinski definition) is 4. The highest BCUT2D eigenvalue weighted by Crippen LogP contribution is 2.26. The van der Waals surface area contributed by atoms with E-state index in [1.165, 1.54) is 23.1 Å². The molecule has 68 valence electrons. The van der Waals surface area contributed by atoms with Gasteiger partial charge in [-0.2, -0.15) is 0 Å². The van der Waals surface area contributed by atoms with E-state index < -0.39 is 0 Å². The summed E-state index contributed by atoms with van der Waals surface area (Å²) < 4.78 is 0.929. The molecule has 0 saturated heterocycles. The van der Waals surface area contributed by atoms with Gasteiger partial charge in [0, 0.05) is 0 Å². The molecule has 0 aliphatic heterocycles. The summed E-state index contributed by atoms with van der Waals surface area (Å²) >= 11 is 6.22. The number of nitrogens with zero attached hydrogens (tertiary/aromatic N) is 1. The molecule has 0 fully saturated rings. The third-order valence-corrected chi connectivity index (χ3v) is 3.66. The Kier molecular flexibility index (Phi) is 2.44. The lowest BCUT2D eigenvalue weighted by Gasteiger charge is -1.93. The third-order valence-electron chi connectivity index (χ3n) is 1.54. The zero-order valence-electron chi connectivity index (χ0n) is 6.63. The molecule has 0 unspecified atom stereocenters. The minimum absolute atomic E-state index is 0.0729. The molecule has 3 nitrogen and oxygen atoms in total. The van der Waals surface area contributed by atoms with Crippen LogP contribution < -0.4 is 5.56 Å². The van der Waals surface area contributed by atoms with Gasteiger partial charge in [0.15, 0.2) is 5.16 Å². The van der Waals surface area contributed by atoms with Gasteiger partial charge in [-0.1, -0.05) is 11.8 Å². The topological polar surface area (TPSA) is 45.8 Å². The van der Waals surface area contributed by atoms with Gasteiger partial charge in [-0.05, 0) is 28.3 Å². The van der Waals surface area contributed by atoms with Gasteiger partial charge in [0.1, 0.15) is 4.83 Å². The van der Waals surface area contributed by atoms with Crippen molar-refractivity contribution in [3.8, 4) is 0 Å². The molecule has 13 heavy (non-hydrogen) atoms. The first-order valence-electron chi connectivity index (χ1n) is 3.44. The fourth-order valence-corrected chi connectivity index (χ4v) is 2.86. The van der Waals surface area contributed by atoms with E-state index in [2.05, 4.69) is 25.9 Å². The number of nitrogens with one attached hydrogen (secondary N) is 1. The average molecular weight is 277 g/mol. The van der Waals surface area contributed by atoms with Crippen molar-refractivity contribution in [3.05, 3.63) is 20.2 Å². The third kappa shape index (κ3) is 1.66. The second kappa shape index (κ2) is 3.43. The molecule has 0 saturated carbocycles. The lowest BCUT2D eigenvalue weighted by molar-refractivity contribution is 0.984. The largest absolute Gasteiger partial charge is 0.301 e. The van der Waals surface area contributed by atoms with Crippen molar-refractivity contribution in [3.63, 3.8) is 0 Å². The molecular formula is C7H5BrN2OS2. The van der Waals surface area contributed by atoms with Crippen LogP contribution in [0, 0.1) is 0 Å². The standard InChI is InChI=1S/C7H5BrN2OS2/c1-12-7-9-5(11)3-2-4(8)13-6(3)10-7/h2H,1H3,(H,9,10,11). The van der Waals surface area contributed by atoms with Crippen LogP contribution in [0.1, 0.15) is 0 Å². The summed E-state index contributed by atoms with van der Waals surface area (Å²) in [5.74, 6) is 0. The maximum atomic E-state index is 11.4. The number of aromatic amines is 1. The minimum atomic E-state index is -0.0729. The molecule has 0 aromatic carbocycles. The van der Waals surface area contributed by atoms with Crippen LogP contribution in [0.15, 0.2) is 19.8 Å². The van der Waals surface area contributed by atoms with Crippen LogP contribution in [0.5, 0.6) is 0 Å². The Bertz CT molecular complexity index is 505. The molecule has 0 spiro atoms. The average Bonchev–Trinajstić information content (AvgIpc) is 2.46. The summed E-state index contributed by atoms with van der Waals surface area (Å²) in [6, 6.07) is 1.79. The van der Waals surface area contributed by atoms with Crippen LogP contribution in [-0.4, -0.2) is 16.2 Å². The van der Waals surface area contributed by atoms with Gasteiger partial charge in [0.25, 0.3) is 5.56 Å². The van der Waals surface area contributed by atoms with E-state index in [4.69, 9.17) is 0 Å². The Morgan fingerprint density at radius 1 is 1.69 bits per heavy atom. The van der Waals surface area contributed by atoms with Crippen molar-refractivity contribution >= 4 is 49.2 Å². The van der Waals surface area contributed by atoms with E-state index in [-0.39, 0.29) is 5.56 Å². The fourth-order valence-electron chi connectivity index (χ4n) is 0.979. The van der Waals surface area contributed by atoms with E-state index in [9.17, 15) is 4.79 Å². The molecule has 2 aromatic heterocycles. The van der Waals surface area contributed by atoms with Crippen molar-refractivity contribution in [2.24, 2.45) is 0 Å². The van der Waals surface area contributed by atoms with Crippen molar-refractivity contribution in [2.75, 3.05) is 6.26 Å². The fraction of sp³-hybridized carbons (Fsp3) is 0.143. The quantitative estimate of drug-likeness (QED) is 0.643. The molecule has 2 rings (SSSR count). The normalized spacial score (nSPS) is 10.9. The van der Waals surface area contributed by atoms with E-state index in [0.29, 0.717) is 10.5 Å². The van der Waals surface area contributed by atoms with Crippen LogP contribution in [0.25, 0.3) is 10.2 Å². The maximum Gasteiger partial charge on any atom is 0.260 e. The van der Waals surface area contributed by atoms with Gasteiger partial charge in [-0.15, -0.1) is 11.3 Å². The summed E-state index contributed by atoms with van der Waals surface area (Å²) in [4.78, 5) is 19.2. The summed E-state index contributed by atoms with van der Waals surface area (Å²) in [6.45, 7) is 0. The number of hydrogen-bond donors (Lipinski definition) is 1. The van der Waals surface area contributed by atoms with Crippen LogP contribution in [0.2, 0.25) is 0 Å². The number of fused-ring (bicyclic) bond motifs is 1. The van der Waals surface area contributed by atoms with E-state index in [1.807, 2.05) is 6.26 Å². The molecule has 1 N–H and O–H groups in total. The highest BCUT2D eigenvalue weighted by molar-refractivity contribution is 9.11. The molecule has 0 bridgehead atoms. The predicted octanol–water partition coefficient (Wildman–Crippen LogP) is 2.47. The predicted molar refractivity (Wildman–Crippen MR) is 59.7 cm³/mol. The van der Waals surface area contributed by atoms with Gasteiger partial charge in [0.2, 0.25) is 0 Å². The molecule has 2 heterocycles. The highest BCUT2D eigenvalue weighted by atomic mass is 79.9. The van der Waals surface area contributed by atoms with Gasteiger partial charge >= 0.3 is 0 Å². The zero-order chi connectivity index (χ0) is 9.42. The number of aromatic nitrogens is 2. The first-order chi connectivity index (χ1) is 6.20. The Morgan fingerprint density at radius 2 is 2.46 bits per heavy atom. The highest BCUT2D eigenvalue weighted by Gasteiger charge is 2.06. The monoisotopic (exact) mass is 276 g/mol. The smallest absolute Gasteiger partial charge is 0.260 e. The van der Waals surface area contributed by atoms with Crippen LogP contribution in [0.4, 0.5) is 0 Å². The van der Waals surface area contributed by atoms with Gasteiger partial charge in [-0.3, -0.25) is 4.79 Å². The molecule has 0 amide bonds.